The number of Topliss-reactive ketones (excluding diaryl/α,β-unsaturated/α-hetero) is 1. The number of rotatable bonds is 4. The van der Waals surface area contributed by atoms with Crippen molar-refractivity contribution in [3.63, 3.8) is 0 Å². The Kier molecular flexibility index (Phi) is 4.43. The van der Waals surface area contributed by atoms with E-state index in [-0.39, 0.29) is 18.3 Å². The van der Waals surface area contributed by atoms with Crippen molar-refractivity contribution in [2.24, 2.45) is 0 Å². The van der Waals surface area contributed by atoms with Gasteiger partial charge in [0.05, 0.1) is 12.7 Å². The molecule has 0 amide bonds. The number of carbonyl (C=O) groups is 2. The molecule has 0 aliphatic carbocycles. The molecule has 0 N–H and O–H groups in total. The van der Waals surface area contributed by atoms with E-state index in [0.29, 0.717) is 34.1 Å². The van der Waals surface area contributed by atoms with E-state index in [1.165, 1.54) is 7.11 Å². The van der Waals surface area contributed by atoms with Crippen LogP contribution in [0.15, 0.2) is 36.1 Å². The maximum Gasteiger partial charge on any atom is 0.346 e. The molecular weight excluding hydrogens is 364 g/mol. The van der Waals surface area contributed by atoms with Crippen LogP contribution in [0, 0.1) is 6.92 Å². The first kappa shape index (κ1) is 17.9. The van der Waals surface area contributed by atoms with Crippen molar-refractivity contribution in [2.45, 2.75) is 20.0 Å². The Morgan fingerprint density at radius 1 is 1.14 bits per heavy atom. The number of allylic oxidation sites excluding steroid dienone is 1. The second-order valence-electron chi connectivity index (χ2n) is 6.45. The molecule has 144 valence electrons. The van der Waals surface area contributed by atoms with Gasteiger partial charge in [-0.15, -0.1) is 0 Å². The lowest BCUT2D eigenvalue weighted by Crippen LogP contribution is -2.24. The minimum atomic E-state index is -0.775. The normalized spacial score (nSPS) is 16.5. The first-order chi connectivity index (χ1) is 13.5. The van der Waals surface area contributed by atoms with Crippen LogP contribution in [0.25, 0.3) is 6.08 Å². The average Bonchev–Trinajstić information content (AvgIpc) is 3.25. The first-order valence-electron chi connectivity index (χ1n) is 8.69. The lowest BCUT2D eigenvalue weighted by atomic mass is 10.0. The van der Waals surface area contributed by atoms with E-state index in [9.17, 15) is 9.59 Å². The molecule has 28 heavy (non-hydrogen) atoms. The molecule has 0 saturated carbocycles. The number of ether oxygens (including phenoxy) is 5. The zero-order valence-corrected chi connectivity index (χ0v) is 15.6. The molecule has 0 aromatic heterocycles. The molecule has 4 rings (SSSR count). The highest BCUT2D eigenvalue weighted by Gasteiger charge is 2.30. The number of benzene rings is 2. The Morgan fingerprint density at radius 2 is 1.93 bits per heavy atom. The summed E-state index contributed by atoms with van der Waals surface area (Å²) in [6.07, 6.45) is 0.879. The third-order valence-corrected chi connectivity index (χ3v) is 4.48. The average molecular weight is 382 g/mol. The zero-order valence-electron chi connectivity index (χ0n) is 15.6. The minimum absolute atomic E-state index is 0.183. The van der Waals surface area contributed by atoms with Crippen LogP contribution in [0.1, 0.15) is 28.4 Å². The number of methoxy groups -OCH3 is 1. The van der Waals surface area contributed by atoms with Gasteiger partial charge in [0.2, 0.25) is 12.6 Å². The predicted molar refractivity (Wildman–Crippen MR) is 98.8 cm³/mol. The molecule has 1 atom stereocenters. The van der Waals surface area contributed by atoms with E-state index >= 15 is 0 Å². The first-order valence-corrected chi connectivity index (χ1v) is 8.69. The second kappa shape index (κ2) is 6.92. The van der Waals surface area contributed by atoms with Gasteiger partial charge in [0, 0.05) is 6.07 Å². The fourth-order valence-electron chi connectivity index (χ4n) is 3.12. The number of carbonyl (C=O) groups excluding carboxylic acids is 2. The van der Waals surface area contributed by atoms with Gasteiger partial charge in [-0.3, -0.25) is 4.79 Å². The zero-order chi connectivity index (χ0) is 19.8. The number of hydrogen-bond donors (Lipinski definition) is 0. The number of fused-ring (bicyclic) bond motifs is 2. The monoisotopic (exact) mass is 382 g/mol. The predicted octanol–water partition coefficient (Wildman–Crippen LogP) is 3.28. The van der Waals surface area contributed by atoms with Crippen molar-refractivity contribution in [3.05, 3.63) is 52.8 Å². The Hall–Kier alpha value is -3.48. The van der Waals surface area contributed by atoms with E-state index in [4.69, 9.17) is 18.9 Å². The lowest BCUT2D eigenvalue weighted by Gasteiger charge is -2.13. The maximum atomic E-state index is 12.8. The summed E-state index contributed by atoms with van der Waals surface area (Å²) in [6.45, 7) is 3.56. The Balaban J connectivity index is 1.61. The number of hydrogen-bond acceptors (Lipinski definition) is 7. The summed E-state index contributed by atoms with van der Waals surface area (Å²) in [6, 6.07) is 8.68. The molecule has 2 heterocycles. The Morgan fingerprint density at radius 3 is 2.71 bits per heavy atom. The van der Waals surface area contributed by atoms with Crippen molar-refractivity contribution in [2.75, 3.05) is 13.9 Å². The summed E-state index contributed by atoms with van der Waals surface area (Å²) >= 11 is 0. The third kappa shape index (κ3) is 3.15. The third-order valence-electron chi connectivity index (χ3n) is 4.48. The lowest BCUT2D eigenvalue weighted by molar-refractivity contribution is -0.147. The van der Waals surface area contributed by atoms with Gasteiger partial charge < -0.3 is 23.7 Å². The highest BCUT2D eigenvalue weighted by atomic mass is 16.7. The number of esters is 1. The minimum Gasteiger partial charge on any atom is -0.479 e. The van der Waals surface area contributed by atoms with Crippen LogP contribution in [0.3, 0.4) is 0 Å². The summed E-state index contributed by atoms with van der Waals surface area (Å²) < 4.78 is 26.7. The Bertz CT molecular complexity index is 1010. The summed E-state index contributed by atoms with van der Waals surface area (Å²) in [7, 11) is 1.30. The van der Waals surface area contributed by atoms with Crippen LogP contribution in [0.2, 0.25) is 0 Å². The van der Waals surface area contributed by atoms with Crippen molar-refractivity contribution < 1.29 is 33.3 Å². The van der Waals surface area contributed by atoms with Crippen LogP contribution in [-0.4, -0.2) is 31.8 Å². The van der Waals surface area contributed by atoms with Crippen LogP contribution >= 0.6 is 0 Å². The van der Waals surface area contributed by atoms with Crippen LogP contribution in [0.4, 0.5) is 0 Å². The fraction of sp³-hybridized carbons (Fsp3) is 0.238. The van der Waals surface area contributed by atoms with E-state index in [1.54, 1.807) is 44.2 Å². The molecule has 1 unspecified atom stereocenters. The van der Waals surface area contributed by atoms with Crippen molar-refractivity contribution in [3.8, 4) is 23.0 Å². The van der Waals surface area contributed by atoms with E-state index in [1.807, 2.05) is 6.07 Å². The summed E-state index contributed by atoms with van der Waals surface area (Å²) in [5, 5.41) is 0. The standard InChI is InChI=1S/C21H18O7/c1-11-6-14(27-12(2)21(23)24-3)9-17-19(11)20(22)18(28-17)8-13-4-5-15-16(7-13)26-10-25-15/h4-9,12H,10H2,1-3H3/b18-8-. The quantitative estimate of drug-likeness (QED) is 0.593. The molecule has 7 heteroatoms. The van der Waals surface area contributed by atoms with E-state index < -0.39 is 12.1 Å². The molecule has 2 aliphatic rings. The molecule has 0 saturated heterocycles. The Labute approximate surface area is 161 Å². The summed E-state index contributed by atoms with van der Waals surface area (Å²) in [5.41, 5.74) is 1.93. The highest BCUT2D eigenvalue weighted by Crippen LogP contribution is 2.39. The van der Waals surface area contributed by atoms with Crippen LogP contribution in [-0.2, 0) is 9.53 Å². The molecule has 0 fully saturated rings. The maximum absolute atomic E-state index is 12.8. The summed E-state index contributed by atoms with van der Waals surface area (Å²) in [4.78, 5) is 24.3. The molecular formula is C21H18O7. The van der Waals surface area contributed by atoms with E-state index in [0.717, 1.165) is 5.56 Å². The smallest absolute Gasteiger partial charge is 0.346 e. The van der Waals surface area contributed by atoms with Gasteiger partial charge in [-0.05, 0) is 49.2 Å². The van der Waals surface area contributed by atoms with Gasteiger partial charge in [-0.1, -0.05) is 6.07 Å². The van der Waals surface area contributed by atoms with Crippen molar-refractivity contribution in [1.82, 2.24) is 0 Å². The molecule has 0 spiro atoms. The van der Waals surface area contributed by atoms with Crippen LogP contribution in [0.5, 0.6) is 23.0 Å². The molecule has 2 aliphatic heterocycles. The highest BCUT2D eigenvalue weighted by molar-refractivity contribution is 6.15. The summed E-state index contributed by atoms with van der Waals surface area (Å²) in [5.74, 6) is 1.61. The van der Waals surface area contributed by atoms with Gasteiger partial charge in [-0.2, -0.15) is 0 Å². The molecule has 2 aromatic rings. The molecule has 0 bridgehead atoms. The fourth-order valence-corrected chi connectivity index (χ4v) is 3.12. The van der Waals surface area contributed by atoms with E-state index in [2.05, 4.69) is 4.74 Å². The molecule has 0 radical (unpaired) electrons. The van der Waals surface area contributed by atoms with Gasteiger partial charge in [-0.25, -0.2) is 4.79 Å². The topological polar surface area (TPSA) is 80.3 Å². The largest absolute Gasteiger partial charge is 0.479 e. The molecule has 7 nitrogen and oxygen atoms in total. The van der Waals surface area contributed by atoms with Crippen molar-refractivity contribution in [1.29, 1.82) is 0 Å². The van der Waals surface area contributed by atoms with Gasteiger partial charge in [0.1, 0.15) is 11.5 Å². The van der Waals surface area contributed by atoms with Crippen molar-refractivity contribution >= 4 is 17.8 Å². The van der Waals surface area contributed by atoms with Gasteiger partial charge in [0.25, 0.3) is 0 Å². The molecule has 2 aromatic carbocycles. The van der Waals surface area contributed by atoms with Crippen LogP contribution < -0.4 is 18.9 Å². The number of aryl methyl sites for hydroxylation is 1. The van der Waals surface area contributed by atoms with Gasteiger partial charge >= 0.3 is 5.97 Å². The number of ketones is 1. The van der Waals surface area contributed by atoms with Gasteiger partial charge in [0.15, 0.2) is 23.4 Å². The second-order valence-corrected chi connectivity index (χ2v) is 6.45. The SMILES string of the molecule is COC(=O)C(C)Oc1cc(C)c2c(c1)O/C(=C\c1ccc3c(c1)OCO3)C2=O.